The standard InChI is InChI=1S/C23H25N3O3S/c1-17(2)25-30(28,29)20-13-9-12-19(16-20)23(27)26(3)22(18-10-5-4-6-11-18)21-14-7-8-15-24-21/h4-17,22,25H,1-3H3. The van der Waals surface area contributed by atoms with Crippen LogP contribution in [0.25, 0.3) is 0 Å². The molecule has 6 nitrogen and oxygen atoms in total. The Labute approximate surface area is 177 Å². The maximum Gasteiger partial charge on any atom is 0.254 e. The molecule has 0 spiro atoms. The second-order valence-corrected chi connectivity index (χ2v) is 9.00. The summed E-state index contributed by atoms with van der Waals surface area (Å²) < 4.78 is 27.6. The number of sulfonamides is 1. The molecule has 3 aromatic rings. The van der Waals surface area contributed by atoms with Crippen LogP contribution in [-0.4, -0.2) is 37.3 Å². The van der Waals surface area contributed by atoms with Gasteiger partial charge in [0.05, 0.1) is 16.6 Å². The van der Waals surface area contributed by atoms with E-state index in [4.69, 9.17) is 0 Å². The normalized spacial score (nSPS) is 12.5. The van der Waals surface area contributed by atoms with Gasteiger partial charge in [0, 0.05) is 24.8 Å². The first-order valence-corrected chi connectivity index (χ1v) is 11.1. The summed E-state index contributed by atoms with van der Waals surface area (Å²) in [5.41, 5.74) is 1.93. The van der Waals surface area contributed by atoms with Gasteiger partial charge in [0.25, 0.3) is 5.91 Å². The highest BCUT2D eigenvalue weighted by Gasteiger charge is 2.26. The molecule has 2 aromatic carbocycles. The molecule has 1 aromatic heterocycles. The van der Waals surface area contributed by atoms with E-state index in [9.17, 15) is 13.2 Å². The van der Waals surface area contributed by atoms with Crippen molar-refractivity contribution >= 4 is 15.9 Å². The predicted octanol–water partition coefficient (Wildman–Crippen LogP) is 3.63. The fraction of sp³-hybridized carbons (Fsp3) is 0.217. The van der Waals surface area contributed by atoms with Crippen LogP contribution in [0.3, 0.4) is 0 Å². The number of carbonyl (C=O) groups is 1. The number of benzene rings is 2. The minimum Gasteiger partial charge on any atom is -0.329 e. The van der Waals surface area contributed by atoms with Crippen molar-refractivity contribution in [3.63, 3.8) is 0 Å². The van der Waals surface area contributed by atoms with Crippen LogP contribution in [0.15, 0.2) is 83.9 Å². The van der Waals surface area contributed by atoms with E-state index < -0.39 is 16.1 Å². The summed E-state index contributed by atoms with van der Waals surface area (Å²) in [6.45, 7) is 3.50. The molecule has 7 heteroatoms. The molecule has 0 saturated heterocycles. The van der Waals surface area contributed by atoms with Crippen LogP contribution in [0, 0.1) is 0 Å². The van der Waals surface area contributed by atoms with Crippen LogP contribution in [0.4, 0.5) is 0 Å². The Kier molecular flexibility index (Phi) is 6.64. The zero-order valence-corrected chi connectivity index (χ0v) is 18.0. The molecule has 1 amide bonds. The molecule has 0 aliphatic rings. The molecule has 3 rings (SSSR count). The first kappa shape index (κ1) is 21.7. The van der Waals surface area contributed by atoms with E-state index in [1.807, 2.05) is 48.5 Å². The number of nitrogens with one attached hydrogen (secondary N) is 1. The van der Waals surface area contributed by atoms with Crippen molar-refractivity contribution < 1.29 is 13.2 Å². The van der Waals surface area contributed by atoms with Gasteiger partial charge in [-0.3, -0.25) is 9.78 Å². The Balaban J connectivity index is 1.98. The van der Waals surface area contributed by atoms with Gasteiger partial charge < -0.3 is 4.90 Å². The first-order valence-electron chi connectivity index (χ1n) is 9.65. The summed E-state index contributed by atoms with van der Waals surface area (Å²) >= 11 is 0. The molecule has 0 fully saturated rings. The molecule has 1 heterocycles. The lowest BCUT2D eigenvalue weighted by atomic mass is 10.0. The molecule has 0 radical (unpaired) electrons. The van der Waals surface area contributed by atoms with Gasteiger partial charge >= 0.3 is 0 Å². The lowest BCUT2D eigenvalue weighted by Crippen LogP contribution is -2.33. The molecule has 0 aliphatic carbocycles. The Morgan fingerprint density at radius 2 is 1.67 bits per heavy atom. The zero-order valence-electron chi connectivity index (χ0n) is 17.2. The Morgan fingerprint density at radius 3 is 2.30 bits per heavy atom. The van der Waals surface area contributed by atoms with Gasteiger partial charge in [-0.25, -0.2) is 13.1 Å². The summed E-state index contributed by atoms with van der Waals surface area (Å²) in [6, 6.07) is 20.6. The van der Waals surface area contributed by atoms with Crippen molar-refractivity contribution in [2.24, 2.45) is 0 Å². The van der Waals surface area contributed by atoms with Crippen molar-refractivity contribution in [3.8, 4) is 0 Å². The Bertz CT molecular complexity index is 1060. The third kappa shape index (κ3) is 4.93. The van der Waals surface area contributed by atoms with E-state index in [0.717, 1.165) is 11.3 Å². The summed E-state index contributed by atoms with van der Waals surface area (Å²) in [5, 5.41) is 0. The minimum atomic E-state index is -3.70. The van der Waals surface area contributed by atoms with Crippen molar-refractivity contribution in [3.05, 3.63) is 95.8 Å². The van der Waals surface area contributed by atoms with Crippen LogP contribution in [0.5, 0.6) is 0 Å². The third-order valence-corrected chi connectivity index (χ3v) is 6.23. The number of hydrogen-bond acceptors (Lipinski definition) is 4. The fourth-order valence-electron chi connectivity index (χ4n) is 3.26. The smallest absolute Gasteiger partial charge is 0.254 e. The molecule has 1 atom stereocenters. The molecule has 30 heavy (non-hydrogen) atoms. The van der Waals surface area contributed by atoms with E-state index in [0.29, 0.717) is 5.56 Å². The van der Waals surface area contributed by atoms with E-state index >= 15 is 0 Å². The van der Waals surface area contributed by atoms with Crippen molar-refractivity contribution in [1.82, 2.24) is 14.6 Å². The molecule has 0 bridgehead atoms. The largest absolute Gasteiger partial charge is 0.329 e. The summed E-state index contributed by atoms with van der Waals surface area (Å²) in [5.74, 6) is -0.295. The minimum absolute atomic E-state index is 0.0598. The molecular weight excluding hydrogens is 398 g/mol. The van der Waals surface area contributed by atoms with E-state index in [1.165, 1.54) is 12.1 Å². The monoisotopic (exact) mass is 423 g/mol. The number of pyridine rings is 1. The van der Waals surface area contributed by atoms with Gasteiger partial charge in [-0.15, -0.1) is 0 Å². The van der Waals surface area contributed by atoms with E-state index in [1.54, 1.807) is 44.1 Å². The molecule has 1 unspecified atom stereocenters. The highest BCUT2D eigenvalue weighted by molar-refractivity contribution is 7.89. The first-order chi connectivity index (χ1) is 14.3. The van der Waals surface area contributed by atoms with Crippen LogP contribution in [-0.2, 0) is 10.0 Å². The Hall–Kier alpha value is -3.03. The van der Waals surface area contributed by atoms with Crippen LogP contribution in [0.2, 0.25) is 0 Å². The summed E-state index contributed by atoms with van der Waals surface area (Å²) in [4.78, 5) is 19.4. The lowest BCUT2D eigenvalue weighted by Gasteiger charge is -2.28. The quantitative estimate of drug-likeness (QED) is 0.629. The average molecular weight is 424 g/mol. The number of amides is 1. The van der Waals surface area contributed by atoms with E-state index in [2.05, 4.69) is 9.71 Å². The third-order valence-electron chi connectivity index (χ3n) is 4.57. The number of rotatable bonds is 7. The highest BCUT2D eigenvalue weighted by atomic mass is 32.2. The van der Waals surface area contributed by atoms with Crippen molar-refractivity contribution in [2.75, 3.05) is 7.05 Å². The van der Waals surface area contributed by atoms with Gasteiger partial charge in [-0.1, -0.05) is 42.5 Å². The topological polar surface area (TPSA) is 79.4 Å². The maximum atomic E-state index is 13.3. The number of hydrogen-bond donors (Lipinski definition) is 1. The molecule has 0 saturated carbocycles. The van der Waals surface area contributed by atoms with Gasteiger partial charge in [-0.2, -0.15) is 0 Å². The van der Waals surface area contributed by atoms with E-state index in [-0.39, 0.29) is 16.8 Å². The zero-order chi connectivity index (χ0) is 21.7. The van der Waals surface area contributed by atoms with Crippen molar-refractivity contribution in [1.29, 1.82) is 0 Å². The SMILES string of the molecule is CC(C)NS(=O)(=O)c1cccc(C(=O)N(C)C(c2ccccc2)c2ccccn2)c1. The Morgan fingerprint density at radius 1 is 0.967 bits per heavy atom. The summed E-state index contributed by atoms with van der Waals surface area (Å²) in [6.07, 6.45) is 1.69. The second kappa shape index (κ2) is 9.19. The van der Waals surface area contributed by atoms with Crippen LogP contribution < -0.4 is 4.72 Å². The predicted molar refractivity (Wildman–Crippen MR) is 117 cm³/mol. The lowest BCUT2D eigenvalue weighted by molar-refractivity contribution is 0.0752. The van der Waals surface area contributed by atoms with Gasteiger partial charge in [0.2, 0.25) is 10.0 Å². The molecule has 156 valence electrons. The van der Waals surface area contributed by atoms with Gasteiger partial charge in [0.1, 0.15) is 0 Å². The van der Waals surface area contributed by atoms with Crippen LogP contribution >= 0.6 is 0 Å². The van der Waals surface area contributed by atoms with Gasteiger partial charge in [-0.05, 0) is 49.7 Å². The summed E-state index contributed by atoms with van der Waals surface area (Å²) in [7, 11) is -2.00. The number of aromatic nitrogens is 1. The highest BCUT2D eigenvalue weighted by Crippen LogP contribution is 2.27. The molecule has 1 N–H and O–H groups in total. The van der Waals surface area contributed by atoms with Crippen LogP contribution in [0.1, 0.15) is 41.5 Å². The average Bonchev–Trinajstić information content (AvgIpc) is 2.74. The van der Waals surface area contributed by atoms with Gasteiger partial charge in [0.15, 0.2) is 0 Å². The molecular formula is C23H25N3O3S. The number of carbonyl (C=O) groups excluding carboxylic acids is 1. The second-order valence-electron chi connectivity index (χ2n) is 7.29. The molecule has 0 aliphatic heterocycles. The maximum absolute atomic E-state index is 13.3. The van der Waals surface area contributed by atoms with Crippen molar-refractivity contribution in [2.45, 2.75) is 30.8 Å². The fourth-order valence-corrected chi connectivity index (χ4v) is 4.56. The number of nitrogens with zero attached hydrogens (tertiary/aromatic N) is 2.